The molecule has 15 heavy (non-hydrogen) atoms. The molecule has 84 valence electrons. The Labute approximate surface area is 99.9 Å². The summed E-state index contributed by atoms with van der Waals surface area (Å²) in [5.74, 6) is 1.02. The molecule has 1 atom stereocenters. The fraction of sp³-hybridized carbons (Fsp3) is 0.500. The first-order valence-corrected chi connectivity index (χ1v) is 6.10. The van der Waals surface area contributed by atoms with Crippen LogP contribution in [-0.4, -0.2) is 12.6 Å². The van der Waals surface area contributed by atoms with Gasteiger partial charge in [0.15, 0.2) is 4.67 Å². The van der Waals surface area contributed by atoms with Gasteiger partial charge in [-0.25, -0.2) is 0 Å². The molecule has 0 bridgehead atoms. The van der Waals surface area contributed by atoms with Crippen molar-refractivity contribution in [2.75, 3.05) is 6.54 Å². The first kappa shape index (κ1) is 12.5. The smallest absolute Gasteiger partial charge is 0.169 e. The fourth-order valence-electron chi connectivity index (χ4n) is 1.40. The highest BCUT2D eigenvalue weighted by Crippen LogP contribution is 2.14. The van der Waals surface area contributed by atoms with Crippen LogP contribution >= 0.6 is 15.9 Å². The summed E-state index contributed by atoms with van der Waals surface area (Å²) in [6, 6.07) is 4.47. The molecule has 3 heteroatoms. The van der Waals surface area contributed by atoms with Gasteiger partial charge in [-0.2, -0.15) is 0 Å². The molecule has 0 aliphatic rings. The molecule has 0 aliphatic heterocycles. The Kier molecular flexibility index (Phi) is 5.73. The van der Waals surface area contributed by atoms with E-state index in [9.17, 15) is 0 Å². The van der Waals surface area contributed by atoms with Crippen LogP contribution in [-0.2, 0) is 6.42 Å². The summed E-state index contributed by atoms with van der Waals surface area (Å²) in [4.78, 5) is 0. The van der Waals surface area contributed by atoms with Crippen molar-refractivity contribution in [2.45, 2.75) is 32.2 Å². The third kappa shape index (κ3) is 5.19. The molecule has 1 aromatic heterocycles. The maximum atomic E-state index is 5.41. The summed E-state index contributed by atoms with van der Waals surface area (Å²) in [6.45, 7) is 6.87. The zero-order chi connectivity index (χ0) is 11.1. The van der Waals surface area contributed by atoms with E-state index in [2.05, 4.69) is 34.7 Å². The third-order valence-electron chi connectivity index (χ3n) is 2.30. The normalized spacial score (nSPS) is 12.7. The van der Waals surface area contributed by atoms with Gasteiger partial charge in [0.2, 0.25) is 0 Å². The summed E-state index contributed by atoms with van der Waals surface area (Å²) in [5.41, 5.74) is 0. The van der Waals surface area contributed by atoms with Gasteiger partial charge in [0.1, 0.15) is 5.76 Å². The van der Waals surface area contributed by atoms with Crippen LogP contribution < -0.4 is 5.32 Å². The summed E-state index contributed by atoms with van der Waals surface area (Å²) >= 11 is 3.29. The van der Waals surface area contributed by atoms with E-state index in [-0.39, 0.29) is 0 Å². The van der Waals surface area contributed by atoms with Crippen LogP contribution in [0.3, 0.4) is 0 Å². The Balaban J connectivity index is 2.13. The lowest BCUT2D eigenvalue weighted by molar-refractivity contribution is 0.461. The van der Waals surface area contributed by atoms with Crippen LogP contribution in [0.5, 0.6) is 0 Å². The summed E-state index contributed by atoms with van der Waals surface area (Å²) in [6.07, 6.45) is 5.11. The molecule has 1 aromatic rings. The summed E-state index contributed by atoms with van der Waals surface area (Å²) in [7, 11) is 0. The maximum Gasteiger partial charge on any atom is 0.169 e. The predicted octanol–water partition coefficient (Wildman–Crippen LogP) is 3.53. The minimum atomic E-state index is 0.543. The van der Waals surface area contributed by atoms with Crippen molar-refractivity contribution in [3.63, 3.8) is 0 Å². The van der Waals surface area contributed by atoms with Gasteiger partial charge in [-0.1, -0.05) is 6.08 Å². The Morgan fingerprint density at radius 3 is 3.00 bits per heavy atom. The minimum Gasteiger partial charge on any atom is -0.454 e. The Morgan fingerprint density at radius 1 is 1.60 bits per heavy atom. The molecule has 1 unspecified atom stereocenters. The van der Waals surface area contributed by atoms with Crippen molar-refractivity contribution in [2.24, 2.45) is 0 Å². The highest BCUT2D eigenvalue weighted by Gasteiger charge is 2.02. The van der Waals surface area contributed by atoms with E-state index in [1.165, 1.54) is 0 Å². The Hall–Kier alpha value is -0.540. The van der Waals surface area contributed by atoms with Crippen LogP contribution in [0.1, 0.15) is 25.5 Å². The largest absolute Gasteiger partial charge is 0.454 e. The molecule has 0 radical (unpaired) electrons. The quantitative estimate of drug-likeness (QED) is 0.768. The van der Waals surface area contributed by atoms with E-state index in [0.29, 0.717) is 6.04 Å². The number of nitrogens with one attached hydrogen (secondary N) is 1. The molecular weight excluding hydrogens is 254 g/mol. The SMILES string of the molecule is C=CCCC(C)NCCc1ccc(Br)o1. The van der Waals surface area contributed by atoms with Gasteiger partial charge in [-0.05, 0) is 47.8 Å². The molecule has 0 amide bonds. The first-order valence-electron chi connectivity index (χ1n) is 5.31. The molecule has 1 N–H and O–H groups in total. The second kappa shape index (κ2) is 6.85. The van der Waals surface area contributed by atoms with Crippen molar-refractivity contribution in [3.05, 3.63) is 35.2 Å². The number of hydrogen-bond donors (Lipinski definition) is 1. The van der Waals surface area contributed by atoms with E-state index in [0.717, 1.165) is 36.2 Å². The van der Waals surface area contributed by atoms with Crippen molar-refractivity contribution in [1.29, 1.82) is 0 Å². The molecule has 0 saturated heterocycles. The zero-order valence-corrected chi connectivity index (χ0v) is 10.7. The molecular formula is C12H18BrNO. The van der Waals surface area contributed by atoms with Gasteiger partial charge in [0, 0.05) is 19.0 Å². The number of allylic oxidation sites excluding steroid dienone is 1. The Morgan fingerprint density at radius 2 is 2.40 bits per heavy atom. The maximum absolute atomic E-state index is 5.41. The lowest BCUT2D eigenvalue weighted by Crippen LogP contribution is -2.27. The molecule has 0 saturated carbocycles. The standard InChI is InChI=1S/C12H18BrNO/c1-3-4-5-10(2)14-9-8-11-6-7-12(13)15-11/h3,6-7,10,14H,1,4-5,8-9H2,2H3. The number of furan rings is 1. The molecule has 1 heterocycles. The monoisotopic (exact) mass is 271 g/mol. The Bertz CT molecular complexity index is 296. The lowest BCUT2D eigenvalue weighted by Gasteiger charge is -2.11. The van der Waals surface area contributed by atoms with Gasteiger partial charge in [-0.3, -0.25) is 0 Å². The van der Waals surface area contributed by atoms with E-state index in [1.807, 2.05) is 18.2 Å². The second-order valence-electron chi connectivity index (χ2n) is 3.68. The topological polar surface area (TPSA) is 25.2 Å². The predicted molar refractivity (Wildman–Crippen MR) is 67.0 cm³/mol. The number of halogens is 1. The van der Waals surface area contributed by atoms with Crippen LogP contribution in [0.2, 0.25) is 0 Å². The molecule has 0 spiro atoms. The molecule has 0 aliphatic carbocycles. The van der Waals surface area contributed by atoms with Crippen molar-refractivity contribution in [3.8, 4) is 0 Å². The lowest BCUT2D eigenvalue weighted by atomic mass is 10.2. The van der Waals surface area contributed by atoms with Crippen LogP contribution in [0.25, 0.3) is 0 Å². The van der Waals surface area contributed by atoms with E-state index in [1.54, 1.807) is 0 Å². The van der Waals surface area contributed by atoms with Gasteiger partial charge in [0.25, 0.3) is 0 Å². The van der Waals surface area contributed by atoms with Crippen LogP contribution in [0, 0.1) is 0 Å². The average molecular weight is 272 g/mol. The van der Waals surface area contributed by atoms with Crippen molar-refractivity contribution < 1.29 is 4.42 Å². The molecule has 1 rings (SSSR count). The van der Waals surface area contributed by atoms with Gasteiger partial charge >= 0.3 is 0 Å². The van der Waals surface area contributed by atoms with Crippen LogP contribution in [0.4, 0.5) is 0 Å². The van der Waals surface area contributed by atoms with Crippen molar-refractivity contribution >= 4 is 15.9 Å². The molecule has 0 fully saturated rings. The van der Waals surface area contributed by atoms with Gasteiger partial charge < -0.3 is 9.73 Å². The van der Waals surface area contributed by atoms with E-state index < -0.39 is 0 Å². The van der Waals surface area contributed by atoms with E-state index >= 15 is 0 Å². The molecule has 0 aromatic carbocycles. The highest BCUT2D eigenvalue weighted by molar-refractivity contribution is 9.10. The average Bonchev–Trinajstić information content (AvgIpc) is 2.61. The fourth-order valence-corrected chi connectivity index (χ4v) is 1.74. The van der Waals surface area contributed by atoms with Gasteiger partial charge in [-0.15, -0.1) is 6.58 Å². The second-order valence-corrected chi connectivity index (χ2v) is 4.46. The number of hydrogen-bond acceptors (Lipinski definition) is 2. The van der Waals surface area contributed by atoms with Crippen LogP contribution in [0.15, 0.2) is 33.9 Å². The highest BCUT2D eigenvalue weighted by atomic mass is 79.9. The summed E-state index contributed by atoms with van der Waals surface area (Å²) < 4.78 is 6.21. The van der Waals surface area contributed by atoms with Crippen molar-refractivity contribution in [1.82, 2.24) is 5.32 Å². The van der Waals surface area contributed by atoms with Gasteiger partial charge in [0.05, 0.1) is 0 Å². The summed E-state index contributed by atoms with van der Waals surface area (Å²) in [5, 5.41) is 3.45. The minimum absolute atomic E-state index is 0.543. The third-order valence-corrected chi connectivity index (χ3v) is 2.72. The van der Waals surface area contributed by atoms with E-state index in [4.69, 9.17) is 4.42 Å². The first-order chi connectivity index (χ1) is 7.22. The zero-order valence-electron chi connectivity index (χ0n) is 9.13. The molecule has 2 nitrogen and oxygen atoms in total. The number of rotatable bonds is 7.